The van der Waals surface area contributed by atoms with Gasteiger partial charge in [-0.3, -0.25) is 4.79 Å². The molecular formula is C22H17F2N5O3. The summed E-state index contributed by atoms with van der Waals surface area (Å²) in [6.45, 7) is 0.113. The smallest absolute Gasteiger partial charge is 0.319 e. The van der Waals surface area contributed by atoms with E-state index in [1.54, 1.807) is 42.5 Å². The lowest BCUT2D eigenvalue weighted by atomic mass is 10.1. The molecule has 5 N–H and O–H groups in total. The van der Waals surface area contributed by atoms with Gasteiger partial charge in [-0.05, 0) is 42.0 Å². The van der Waals surface area contributed by atoms with Crippen molar-refractivity contribution in [2.45, 2.75) is 6.54 Å². The summed E-state index contributed by atoms with van der Waals surface area (Å²) >= 11 is 0. The van der Waals surface area contributed by atoms with Crippen LogP contribution in [0.15, 0.2) is 65.2 Å². The number of carbonyl (C=O) groups excluding carboxylic acids is 2. The number of fused-ring (bicyclic) bond motifs is 1. The highest BCUT2D eigenvalue weighted by molar-refractivity contribution is 6.14. The number of rotatable bonds is 5. The zero-order valence-corrected chi connectivity index (χ0v) is 16.5. The van der Waals surface area contributed by atoms with Crippen LogP contribution in [0.3, 0.4) is 0 Å². The SMILES string of the molecule is Nc1noc2cccc(C(=O)Nc3cccc(CNC(=O)Nc4cc(F)cc(F)c4)c3)c12. The molecule has 3 amide bonds. The number of halogens is 2. The van der Waals surface area contributed by atoms with Crippen LogP contribution in [0.2, 0.25) is 0 Å². The van der Waals surface area contributed by atoms with Gasteiger partial charge in [0.15, 0.2) is 11.4 Å². The van der Waals surface area contributed by atoms with Crippen LogP contribution in [0.1, 0.15) is 15.9 Å². The maximum Gasteiger partial charge on any atom is 0.319 e. The van der Waals surface area contributed by atoms with Crippen LogP contribution in [0.5, 0.6) is 0 Å². The Morgan fingerprint density at radius 2 is 1.69 bits per heavy atom. The van der Waals surface area contributed by atoms with Gasteiger partial charge in [0, 0.05) is 24.0 Å². The molecule has 0 fully saturated rings. The maximum atomic E-state index is 13.2. The van der Waals surface area contributed by atoms with Crippen LogP contribution >= 0.6 is 0 Å². The summed E-state index contributed by atoms with van der Waals surface area (Å²) in [5.74, 6) is -1.88. The highest BCUT2D eigenvalue weighted by Crippen LogP contribution is 2.25. The topological polar surface area (TPSA) is 122 Å². The molecule has 4 aromatic rings. The number of nitrogens with zero attached hydrogens (tertiary/aromatic N) is 1. The molecule has 0 radical (unpaired) electrons. The van der Waals surface area contributed by atoms with Crippen LogP contribution in [0.25, 0.3) is 11.0 Å². The third-order valence-corrected chi connectivity index (χ3v) is 4.53. The van der Waals surface area contributed by atoms with E-state index in [9.17, 15) is 18.4 Å². The van der Waals surface area contributed by atoms with Gasteiger partial charge in [0.05, 0.1) is 10.9 Å². The Balaban J connectivity index is 1.40. The number of amides is 3. The third kappa shape index (κ3) is 4.64. The summed E-state index contributed by atoms with van der Waals surface area (Å²) in [7, 11) is 0. The summed E-state index contributed by atoms with van der Waals surface area (Å²) in [5.41, 5.74) is 7.68. The van der Waals surface area contributed by atoms with Gasteiger partial charge < -0.3 is 26.2 Å². The molecule has 1 heterocycles. The molecule has 0 aliphatic rings. The van der Waals surface area contributed by atoms with Crippen LogP contribution < -0.4 is 21.7 Å². The van der Waals surface area contributed by atoms with Crippen molar-refractivity contribution in [3.63, 3.8) is 0 Å². The molecule has 0 saturated heterocycles. The molecule has 8 nitrogen and oxygen atoms in total. The molecule has 0 aliphatic carbocycles. The van der Waals surface area contributed by atoms with Gasteiger partial charge in [-0.25, -0.2) is 13.6 Å². The Kier molecular flexibility index (Phi) is 5.67. The Hall–Kier alpha value is -4.47. The molecule has 0 unspecified atom stereocenters. The predicted octanol–water partition coefficient (Wildman–Crippen LogP) is 4.26. The van der Waals surface area contributed by atoms with Crippen molar-refractivity contribution in [1.82, 2.24) is 10.5 Å². The zero-order valence-electron chi connectivity index (χ0n) is 16.5. The van der Waals surface area contributed by atoms with Crippen LogP contribution in [0, 0.1) is 11.6 Å². The van der Waals surface area contributed by atoms with E-state index < -0.39 is 23.6 Å². The molecule has 0 bridgehead atoms. The number of carbonyl (C=O) groups is 2. The van der Waals surface area contributed by atoms with Gasteiger partial charge in [-0.15, -0.1) is 0 Å². The number of hydrogen-bond donors (Lipinski definition) is 4. The third-order valence-electron chi connectivity index (χ3n) is 4.53. The molecule has 162 valence electrons. The molecule has 0 saturated carbocycles. The lowest BCUT2D eigenvalue weighted by Crippen LogP contribution is -2.28. The van der Waals surface area contributed by atoms with E-state index in [1.165, 1.54) is 0 Å². The van der Waals surface area contributed by atoms with Crippen molar-refractivity contribution in [2.24, 2.45) is 0 Å². The fourth-order valence-corrected chi connectivity index (χ4v) is 3.15. The quantitative estimate of drug-likeness (QED) is 0.372. The highest BCUT2D eigenvalue weighted by atomic mass is 19.1. The monoisotopic (exact) mass is 437 g/mol. The average molecular weight is 437 g/mol. The largest absolute Gasteiger partial charge is 0.380 e. The first kappa shape index (κ1) is 20.8. The number of benzene rings is 3. The van der Waals surface area contributed by atoms with Crippen molar-refractivity contribution < 1.29 is 22.9 Å². The fraction of sp³-hybridized carbons (Fsp3) is 0.0455. The Bertz CT molecular complexity index is 1300. The fourth-order valence-electron chi connectivity index (χ4n) is 3.15. The normalized spacial score (nSPS) is 10.7. The van der Waals surface area contributed by atoms with Crippen LogP contribution in [0.4, 0.5) is 30.8 Å². The predicted molar refractivity (Wildman–Crippen MR) is 115 cm³/mol. The van der Waals surface area contributed by atoms with Gasteiger partial charge in [-0.2, -0.15) is 0 Å². The second-order valence-corrected chi connectivity index (χ2v) is 6.87. The van der Waals surface area contributed by atoms with Gasteiger partial charge in [-0.1, -0.05) is 23.4 Å². The molecule has 0 aliphatic heterocycles. The zero-order chi connectivity index (χ0) is 22.7. The average Bonchev–Trinajstić information content (AvgIpc) is 3.13. The number of hydrogen-bond acceptors (Lipinski definition) is 5. The van der Waals surface area contributed by atoms with E-state index in [1.807, 2.05) is 0 Å². The van der Waals surface area contributed by atoms with E-state index in [2.05, 4.69) is 21.1 Å². The van der Waals surface area contributed by atoms with E-state index in [0.717, 1.165) is 12.1 Å². The summed E-state index contributed by atoms with van der Waals surface area (Å²) < 4.78 is 31.5. The first-order valence-corrected chi connectivity index (χ1v) is 9.44. The van der Waals surface area contributed by atoms with E-state index in [-0.39, 0.29) is 18.1 Å². The minimum Gasteiger partial charge on any atom is -0.380 e. The number of urea groups is 1. The van der Waals surface area contributed by atoms with Crippen molar-refractivity contribution in [3.05, 3.63) is 83.4 Å². The van der Waals surface area contributed by atoms with E-state index in [4.69, 9.17) is 10.3 Å². The van der Waals surface area contributed by atoms with Crippen molar-refractivity contribution in [3.8, 4) is 0 Å². The summed E-state index contributed by atoms with van der Waals surface area (Å²) in [5, 5.41) is 11.8. The number of anilines is 3. The van der Waals surface area contributed by atoms with E-state index >= 15 is 0 Å². The molecular weight excluding hydrogens is 420 g/mol. The Labute approximate surface area is 180 Å². The Morgan fingerprint density at radius 1 is 0.938 bits per heavy atom. The summed E-state index contributed by atoms with van der Waals surface area (Å²) in [6.07, 6.45) is 0. The van der Waals surface area contributed by atoms with Gasteiger partial charge in [0.25, 0.3) is 5.91 Å². The van der Waals surface area contributed by atoms with Crippen LogP contribution in [-0.4, -0.2) is 17.1 Å². The molecule has 3 aromatic carbocycles. The first-order valence-electron chi connectivity index (χ1n) is 9.44. The van der Waals surface area contributed by atoms with Crippen molar-refractivity contribution in [2.75, 3.05) is 16.4 Å². The first-order chi connectivity index (χ1) is 15.4. The van der Waals surface area contributed by atoms with Gasteiger partial charge >= 0.3 is 6.03 Å². The molecule has 10 heteroatoms. The minimum atomic E-state index is -0.799. The van der Waals surface area contributed by atoms with Gasteiger partial charge in [0.2, 0.25) is 0 Å². The Morgan fingerprint density at radius 3 is 2.47 bits per heavy atom. The highest BCUT2D eigenvalue weighted by Gasteiger charge is 2.16. The van der Waals surface area contributed by atoms with Crippen molar-refractivity contribution >= 4 is 40.1 Å². The molecule has 0 atom stereocenters. The maximum absolute atomic E-state index is 13.2. The second kappa shape index (κ2) is 8.72. The van der Waals surface area contributed by atoms with Crippen molar-refractivity contribution in [1.29, 1.82) is 0 Å². The number of nitrogens with two attached hydrogens (primary N) is 1. The minimum absolute atomic E-state index is 0.0109. The number of nitrogens with one attached hydrogen (secondary N) is 3. The van der Waals surface area contributed by atoms with E-state index in [0.29, 0.717) is 33.8 Å². The molecule has 32 heavy (non-hydrogen) atoms. The summed E-state index contributed by atoms with van der Waals surface area (Å²) in [6, 6.07) is 13.8. The second-order valence-electron chi connectivity index (χ2n) is 6.87. The molecule has 4 rings (SSSR count). The van der Waals surface area contributed by atoms with Crippen LogP contribution in [-0.2, 0) is 6.54 Å². The molecule has 0 spiro atoms. The lowest BCUT2D eigenvalue weighted by molar-refractivity contribution is 0.102. The molecule has 1 aromatic heterocycles. The lowest BCUT2D eigenvalue weighted by Gasteiger charge is -2.10. The van der Waals surface area contributed by atoms with Gasteiger partial charge in [0.1, 0.15) is 11.6 Å². The number of aromatic nitrogens is 1. The number of nitrogen functional groups attached to an aromatic ring is 1. The summed E-state index contributed by atoms with van der Waals surface area (Å²) in [4.78, 5) is 24.8. The standard InChI is InChI=1S/C22H17F2N5O3/c23-13-8-14(24)10-16(9-13)28-22(31)26-11-12-3-1-4-15(7-12)27-21(30)17-5-2-6-18-19(17)20(25)29-32-18/h1-10H,11H2,(H2,25,29)(H,27,30)(H2,26,28,31).